The van der Waals surface area contributed by atoms with Crippen molar-refractivity contribution in [1.82, 2.24) is 0 Å². The third kappa shape index (κ3) is 3.84. The normalized spacial score (nSPS) is 18.3. The fourth-order valence-corrected chi connectivity index (χ4v) is 3.84. The molecule has 0 saturated carbocycles. The molecule has 0 aliphatic carbocycles. The molecule has 0 aromatic heterocycles. The van der Waals surface area contributed by atoms with Crippen LogP contribution in [0.2, 0.25) is 0 Å². The number of aryl methyl sites for hydroxylation is 1. The summed E-state index contributed by atoms with van der Waals surface area (Å²) in [5, 5.41) is 0. The molecule has 1 fully saturated rings. The van der Waals surface area contributed by atoms with Gasteiger partial charge in [-0.05, 0) is 64.4 Å². The first-order valence-electron chi connectivity index (χ1n) is 9.43. The van der Waals surface area contributed by atoms with Crippen molar-refractivity contribution in [3.63, 3.8) is 0 Å². The Hall–Kier alpha value is -1.83. The zero-order chi connectivity index (χ0) is 20.7. The van der Waals surface area contributed by atoms with E-state index < -0.39 is 28.2 Å². The molecule has 150 valence electrons. The van der Waals surface area contributed by atoms with Crippen LogP contribution in [0, 0.1) is 6.92 Å². The monoisotopic (exact) mass is 402 g/mol. The molecular weight excluding hydrogens is 375 g/mol. The van der Waals surface area contributed by atoms with E-state index in [1.807, 2.05) is 58.9 Å². The van der Waals surface area contributed by atoms with Gasteiger partial charge in [-0.2, -0.15) is 0 Å². The lowest BCUT2D eigenvalue weighted by Crippen LogP contribution is -2.41. The molecule has 0 atom stereocenters. The van der Waals surface area contributed by atoms with Crippen LogP contribution in [0.3, 0.4) is 0 Å². The van der Waals surface area contributed by atoms with Gasteiger partial charge in [-0.1, -0.05) is 25.1 Å². The molecule has 0 bridgehead atoms. The number of ether oxygens (including phenoxy) is 1. The summed E-state index contributed by atoms with van der Waals surface area (Å²) in [6.45, 7) is 11.4. The van der Waals surface area contributed by atoms with Gasteiger partial charge in [0.15, 0.2) is 9.84 Å². The average Bonchev–Trinajstić information content (AvgIpc) is 2.84. The summed E-state index contributed by atoms with van der Waals surface area (Å²) in [5.74, 6) is 1.24. The average molecular weight is 402 g/mol. The smallest absolute Gasteiger partial charge is 0.457 e. The van der Waals surface area contributed by atoms with E-state index in [4.69, 9.17) is 14.0 Å². The van der Waals surface area contributed by atoms with Gasteiger partial charge in [0.25, 0.3) is 0 Å². The summed E-state index contributed by atoms with van der Waals surface area (Å²) >= 11 is 0. The number of sulfone groups is 1. The number of rotatable bonds is 5. The maximum Gasteiger partial charge on any atom is 0.498 e. The van der Waals surface area contributed by atoms with Gasteiger partial charge >= 0.3 is 7.12 Å². The zero-order valence-electron chi connectivity index (χ0n) is 17.3. The van der Waals surface area contributed by atoms with Gasteiger partial charge in [0.05, 0.1) is 21.9 Å². The topological polar surface area (TPSA) is 61.8 Å². The molecular formula is C21H27BO5S. The number of para-hydroxylation sites is 1. The summed E-state index contributed by atoms with van der Waals surface area (Å²) < 4.78 is 43.3. The molecule has 2 aromatic rings. The highest BCUT2D eigenvalue weighted by Crippen LogP contribution is 2.38. The van der Waals surface area contributed by atoms with Gasteiger partial charge < -0.3 is 14.0 Å². The highest BCUT2D eigenvalue weighted by atomic mass is 32.2. The van der Waals surface area contributed by atoms with Gasteiger partial charge in [-0.3, -0.25) is 0 Å². The van der Waals surface area contributed by atoms with Crippen LogP contribution in [0.25, 0.3) is 0 Å². The molecule has 28 heavy (non-hydrogen) atoms. The Labute approximate surface area is 168 Å². The van der Waals surface area contributed by atoms with Gasteiger partial charge in [0, 0.05) is 5.46 Å². The molecule has 0 unspecified atom stereocenters. The second kappa shape index (κ2) is 7.21. The molecule has 1 saturated heterocycles. The van der Waals surface area contributed by atoms with E-state index in [1.54, 1.807) is 25.1 Å². The molecule has 7 heteroatoms. The van der Waals surface area contributed by atoms with Crippen LogP contribution in [0.4, 0.5) is 0 Å². The fraction of sp³-hybridized carbons (Fsp3) is 0.429. The number of hydrogen-bond donors (Lipinski definition) is 0. The van der Waals surface area contributed by atoms with Crippen molar-refractivity contribution in [2.45, 2.75) is 57.6 Å². The summed E-state index contributed by atoms with van der Waals surface area (Å²) in [4.78, 5) is 0.233. The molecule has 0 amide bonds. The van der Waals surface area contributed by atoms with Crippen molar-refractivity contribution in [3.05, 3.63) is 48.0 Å². The van der Waals surface area contributed by atoms with E-state index in [9.17, 15) is 8.42 Å². The number of hydrogen-bond acceptors (Lipinski definition) is 5. The highest BCUT2D eigenvalue weighted by molar-refractivity contribution is 7.91. The Kier molecular flexibility index (Phi) is 5.38. The van der Waals surface area contributed by atoms with Crippen LogP contribution >= 0.6 is 0 Å². The van der Waals surface area contributed by atoms with Crippen LogP contribution in [0.15, 0.2) is 47.4 Å². The van der Waals surface area contributed by atoms with Gasteiger partial charge in [0.1, 0.15) is 11.5 Å². The predicted molar refractivity (Wildman–Crippen MR) is 111 cm³/mol. The maximum atomic E-state index is 12.4. The van der Waals surface area contributed by atoms with E-state index in [0.717, 1.165) is 5.56 Å². The fourth-order valence-electron chi connectivity index (χ4n) is 2.92. The van der Waals surface area contributed by atoms with Gasteiger partial charge in [-0.15, -0.1) is 0 Å². The minimum atomic E-state index is -3.37. The second-order valence-electron chi connectivity index (χ2n) is 8.06. The third-order valence-corrected chi connectivity index (χ3v) is 7.27. The molecule has 0 spiro atoms. The van der Waals surface area contributed by atoms with E-state index in [1.165, 1.54) is 0 Å². The van der Waals surface area contributed by atoms with Crippen molar-refractivity contribution < 1.29 is 22.5 Å². The lowest BCUT2D eigenvalue weighted by atomic mass is 9.78. The minimum absolute atomic E-state index is 0.0216. The van der Waals surface area contributed by atoms with E-state index in [0.29, 0.717) is 17.0 Å². The Bertz CT molecular complexity index is 966. The zero-order valence-corrected chi connectivity index (χ0v) is 18.1. The summed E-state index contributed by atoms with van der Waals surface area (Å²) in [5.41, 5.74) is 0.457. The van der Waals surface area contributed by atoms with Crippen molar-refractivity contribution in [2.24, 2.45) is 0 Å². The Morgan fingerprint density at radius 3 is 2.14 bits per heavy atom. The van der Waals surface area contributed by atoms with E-state index >= 15 is 0 Å². The summed E-state index contributed by atoms with van der Waals surface area (Å²) in [6.07, 6.45) is 0. The van der Waals surface area contributed by atoms with Crippen molar-refractivity contribution in [3.8, 4) is 11.5 Å². The molecule has 5 nitrogen and oxygen atoms in total. The van der Waals surface area contributed by atoms with Crippen molar-refractivity contribution >= 4 is 22.4 Å². The van der Waals surface area contributed by atoms with Crippen LogP contribution < -0.4 is 10.2 Å². The first-order valence-corrected chi connectivity index (χ1v) is 11.1. The molecule has 0 radical (unpaired) electrons. The Morgan fingerprint density at radius 2 is 1.57 bits per heavy atom. The van der Waals surface area contributed by atoms with Crippen LogP contribution in [-0.4, -0.2) is 32.5 Å². The standard InChI is InChI=1S/C21H27BO5S/c1-7-28(23,24)16-12-13-19(25-18-11-9-8-10-15(18)2)17(14-16)22-26-20(3,4)21(5,6)27-22/h8-14H,7H2,1-6H3. The summed E-state index contributed by atoms with van der Waals surface area (Å²) in [6, 6.07) is 12.5. The van der Waals surface area contributed by atoms with Gasteiger partial charge in [0.2, 0.25) is 0 Å². The van der Waals surface area contributed by atoms with Crippen LogP contribution in [0.1, 0.15) is 40.2 Å². The molecule has 1 aliphatic rings. The minimum Gasteiger partial charge on any atom is -0.457 e. The maximum absolute atomic E-state index is 12.4. The summed E-state index contributed by atoms with van der Waals surface area (Å²) in [7, 11) is -4.10. The van der Waals surface area contributed by atoms with Crippen LogP contribution in [0.5, 0.6) is 11.5 Å². The Morgan fingerprint density at radius 1 is 0.964 bits per heavy atom. The SMILES string of the molecule is CCS(=O)(=O)c1ccc(Oc2ccccc2C)c(B2OC(C)(C)C(C)(C)O2)c1. The van der Waals surface area contributed by atoms with Crippen LogP contribution in [-0.2, 0) is 19.1 Å². The third-order valence-electron chi connectivity index (χ3n) is 5.54. The molecule has 3 rings (SSSR count). The quantitative estimate of drug-likeness (QED) is 0.711. The molecule has 1 aliphatic heterocycles. The lowest BCUT2D eigenvalue weighted by Gasteiger charge is -2.32. The predicted octanol–water partition coefficient (Wildman–Crippen LogP) is 3.88. The Balaban J connectivity index is 2.09. The second-order valence-corrected chi connectivity index (χ2v) is 10.3. The van der Waals surface area contributed by atoms with E-state index in [-0.39, 0.29) is 10.6 Å². The van der Waals surface area contributed by atoms with Crippen molar-refractivity contribution in [2.75, 3.05) is 5.75 Å². The largest absolute Gasteiger partial charge is 0.498 e. The molecule has 1 heterocycles. The highest BCUT2D eigenvalue weighted by Gasteiger charge is 2.52. The number of benzene rings is 2. The first-order chi connectivity index (χ1) is 13.0. The van der Waals surface area contributed by atoms with E-state index in [2.05, 4.69) is 0 Å². The lowest BCUT2D eigenvalue weighted by molar-refractivity contribution is 0.00578. The molecule has 0 N–H and O–H groups in total. The van der Waals surface area contributed by atoms with Crippen molar-refractivity contribution in [1.29, 1.82) is 0 Å². The molecule has 2 aromatic carbocycles. The van der Waals surface area contributed by atoms with Gasteiger partial charge in [-0.25, -0.2) is 8.42 Å². The first kappa shape index (κ1) is 20.9.